The van der Waals surface area contributed by atoms with Gasteiger partial charge in [-0.15, -0.1) is 0 Å². The van der Waals surface area contributed by atoms with Crippen LogP contribution in [0.1, 0.15) is 5.76 Å². The highest BCUT2D eigenvalue weighted by atomic mass is 32.2. The Morgan fingerprint density at radius 3 is 2.56 bits per heavy atom. The van der Waals surface area contributed by atoms with Crippen LogP contribution in [0, 0.1) is 11.3 Å². The smallest absolute Gasteiger partial charge is 0.276 e. The van der Waals surface area contributed by atoms with Gasteiger partial charge in [0.25, 0.3) is 10.0 Å². The Bertz CT molecular complexity index is 508. The number of ether oxygens (including phenoxy) is 1. The molecule has 0 radical (unpaired) electrons. The lowest BCUT2D eigenvalue weighted by Gasteiger charge is -2.24. The Labute approximate surface area is 93.1 Å². The van der Waals surface area contributed by atoms with E-state index in [0.717, 1.165) is 0 Å². The molecule has 0 aromatic carbocycles. The Hall–Kier alpha value is -1.36. The molecule has 0 spiro atoms. The van der Waals surface area contributed by atoms with Crippen molar-refractivity contribution in [2.75, 3.05) is 26.3 Å². The zero-order valence-electron chi connectivity index (χ0n) is 8.42. The van der Waals surface area contributed by atoms with Crippen LogP contribution in [0.2, 0.25) is 0 Å². The van der Waals surface area contributed by atoms with Crippen LogP contribution in [0.25, 0.3) is 0 Å². The van der Waals surface area contributed by atoms with Gasteiger partial charge in [0.05, 0.1) is 13.2 Å². The van der Waals surface area contributed by atoms with Crippen molar-refractivity contribution in [3.8, 4) is 6.07 Å². The number of nitrogens with zero attached hydrogens (tertiary/aromatic N) is 2. The van der Waals surface area contributed by atoms with Crippen LogP contribution in [0.5, 0.6) is 0 Å². The van der Waals surface area contributed by atoms with Crippen molar-refractivity contribution in [2.24, 2.45) is 0 Å². The van der Waals surface area contributed by atoms with Gasteiger partial charge >= 0.3 is 0 Å². The summed E-state index contributed by atoms with van der Waals surface area (Å²) in [5.74, 6) is -0.00756. The SMILES string of the molecule is N#Cc1ccc(S(=O)(=O)N2CCOCC2)o1. The predicted octanol–water partition coefficient (Wildman–Crippen LogP) is 0.172. The molecule has 0 saturated carbocycles. The molecule has 0 atom stereocenters. The van der Waals surface area contributed by atoms with Gasteiger partial charge in [-0.25, -0.2) is 8.42 Å². The number of furan rings is 1. The van der Waals surface area contributed by atoms with Crippen molar-refractivity contribution in [3.63, 3.8) is 0 Å². The second kappa shape index (κ2) is 4.25. The van der Waals surface area contributed by atoms with E-state index in [1.54, 1.807) is 6.07 Å². The van der Waals surface area contributed by atoms with Gasteiger partial charge < -0.3 is 9.15 Å². The van der Waals surface area contributed by atoms with Gasteiger partial charge in [-0.05, 0) is 12.1 Å². The van der Waals surface area contributed by atoms with Crippen LogP contribution in [0.15, 0.2) is 21.6 Å². The molecule has 1 aromatic rings. The van der Waals surface area contributed by atoms with Gasteiger partial charge in [0.2, 0.25) is 10.9 Å². The topological polar surface area (TPSA) is 83.5 Å². The van der Waals surface area contributed by atoms with E-state index in [9.17, 15) is 8.42 Å². The summed E-state index contributed by atoms with van der Waals surface area (Å²) in [4.78, 5) is 0. The van der Waals surface area contributed by atoms with E-state index < -0.39 is 10.0 Å². The molecule has 2 heterocycles. The molecular weight excluding hydrogens is 232 g/mol. The fourth-order valence-corrected chi connectivity index (χ4v) is 2.75. The molecule has 1 saturated heterocycles. The minimum Gasteiger partial charge on any atom is -0.433 e. The molecule has 0 amide bonds. The number of rotatable bonds is 2. The number of hydrogen-bond acceptors (Lipinski definition) is 5. The monoisotopic (exact) mass is 242 g/mol. The molecule has 1 aliphatic rings. The number of sulfonamides is 1. The van der Waals surface area contributed by atoms with E-state index in [1.807, 2.05) is 0 Å². The third-order valence-electron chi connectivity index (χ3n) is 2.26. The van der Waals surface area contributed by atoms with Gasteiger partial charge in [-0.1, -0.05) is 0 Å². The Balaban J connectivity index is 2.27. The first kappa shape index (κ1) is 11.1. The van der Waals surface area contributed by atoms with Gasteiger partial charge in [0.1, 0.15) is 6.07 Å². The second-order valence-electron chi connectivity index (χ2n) is 3.25. The lowest BCUT2D eigenvalue weighted by atomic mass is 10.5. The summed E-state index contributed by atoms with van der Waals surface area (Å²) < 4.78 is 35.2. The summed E-state index contributed by atoms with van der Waals surface area (Å²) in [6, 6.07) is 4.38. The van der Waals surface area contributed by atoms with Crippen molar-refractivity contribution in [1.29, 1.82) is 5.26 Å². The second-order valence-corrected chi connectivity index (χ2v) is 5.12. The normalized spacial score (nSPS) is 18.2. The molecule has 1 fully saturated rings. The van der Waals surface area contributed by atoms with Crippen LogP contribution in [0.4, 0.5) is 0 Å². The molecule has 2 rings (SSSR count). The van der Waals surface area contributed by atoms with Crippen molar-refractivity contribution >= 4 is 10.0 Å². The first-order valence-corrected chi connectivity index (χ1v) is 6.16. The first-order chi connectivity index (χ1) is 7.64. The summed E-state index contributed by atoms with van der Waals surface area (Å²) in [5.41, 5.74) is 0. The number of morpholine rings is 1. The van der Waals surface area contributed by atoms with Gasteiger partial charge in [-0.2, -0.15) is 9.57 Å². The maximum atomic E-state index is 12.0. The molecule has 7 heteroatoms. The van der Waals surface area contributed by atoms with Crippen molar-refractivity contribution in [2.45, 2.75) is 5.09 Å². The molecule has 0 aliphatic carbocycles. The largest absolute Gasteiger partial charge is 0.433 e. The zero-order valence-corrected chi connectivity index (χ0v) is 9.24. The summed E-state index contributed by atoms with van der Waals surface area (Å²) in [6.07, 6.45) is 0. The standard InChI is InChI=1S/C9H10N2O4S/c10-7-8-1-2-9(15-8)16(12,13)11-3-5-14-6-4-11/h1-2H,3-6H2. The third-order valence-corrected chi connectivity index (χ3v) is 4.03. The zero-order chi connectivity index (χ0) is 11.6. The van der Waals surface area contributed by atoms with Crippen molar-refractivity contribution in [1.82, 2.24) is 4.31 Å². The van der Waals surface area contributed by atoms with Crippen molar-refractivity contribution < 1.29 is 17.6 Å². The molecule has 0 N–H and O–H groups in total. The van der Waals surface area contributed by atoms with E-state index in [-0.39, 0.29) is 10.9 Å². The highest BCUT2D eigenvalue weighted by Gasteiger charge is 2.29. The maximum Gasteiger partial charge on any atom is 0.276 e. The summed E-state index contributed by atoms with van der Waals surface area (Å²) in [7, 11) is -3.62. The number of nitriles is 1. The molecule has 0 bridgehead atoms. The van der Waals surface area contributed by atoms with Crippen LogP contribution in [0.3, 0.4) is 0 Å². The Kier molecular flexibility index (Phi) is 2.96. The van der Waals surface area contributed by atoms with Crippen LogP contribution < -0.4 is 0 Å². The quantitative estimate of drug-likeness (QED) is 0.738. The fraction of sp³-hybridized carbons (Fsp3) is 0.444. The van der Waals surface area contributed by atoms with Crippen molar-refractivity contribution in [3.05, 3.63) is 17.9 Å². The lowest BCUT2D eigenvalue weighted by molar-refractivity contribution is 0.0724. The lowest BCUT2D eigenvalue weighted by Crippen LogP contribution is -2.40. The highest BCUT2D eigenvalue weighted by Crippen LogP contribution is 2.19. The van der Waals surface area contributed by atoms with E-state index in [1.165, 1.54) is 16.4 Å². The fourth-order valence-electron chi connectivity index (χ4n) is 1.43. The average Bonchev–Trinajstić information content (AvgIpc) is 2.79. The van der Waals surface area contributed by atoms with Crippen LogP contribution in [-0.2, 0) is 14.8 Å². The number of hydrogen-bond donors (Lipinski definition) is 0. The third kappa shape index (κ3) is 1.95. The van der Waals surface area contributed by atoms with E-state index in [0.29, 0.717) is 26.3 Å². The van der Waals surface area contributed by atoms with Crippen LogP contribution >= 0.6 is 0 Å². The highest BCUT2D eigenvalue weighted by molar-refractivity contribution is 7.89. The van der Waals surface area contributed by atoms with E-state index >= 15 is 0 Å². The van der Waals surface area contributed by atoms with Crippen LogP contribution in [-0.4, -0.2) is 39.0 Å². The Morgan fingerprint density at radius 1 is 1.31 bits per heavy atom. The summed E-state index contributed by atoms with van der Waals surface area (Å²) >= 11 is 0. The molecule has 1 aliphatic heterocycles. The molecule has 86 valence electrons. The van der Waals surface area contributed by atoms with Gasteiger partial charge in [-0.3, -0.25) is 0 Å². The average molecular weight is 242 g/mol. The molecule has 16 heavy (non-hydrogen) atoms. The molecule has 0 unspecified atom stereocenters. The summed E-state index contributed by atoms with van der Waals surface area (Å²) in [6.45, 7) is 1.38. The van der Waals surface area contributed by atoms with E-state index in [4.69, 9.17) is 14.4 Å². The summed E-state index contributed by atoms with van der Waals surface area (Å²) in [5, 5.41) is 8.37. The first-order valence-electron chi connectivity index (χ1n) is 4.72. The van der Waals surface area contributed by atoms with Gasteiger partial charge in [0, 0.05) is 13.1 Å². The minimum atomic E-state index is -3.62. The van der Waals surface area contributed by atoms with Gasteiger partial charge in [0.15, 0.2) is 0 Å². The molecule has 1 aromatic heterocycles. The minimum absolute atomic E-state index is 0.00756. The van der Waals surface area contributed by atoms with E-state index in [2.05, 4.69) is 0 Å². The predicted molar refractivity (Wildman–Crippen MR) is 53.0 cm³/mol. The maximum absolute atomic E-state index is 12.0. The Morgan fingerprint density at radius 2 is 2.00 bits per heavy atom. The molecular formula is C9H10N2O4S. The molecule has 6 nitrogen and oxygen atoms in total.